The minimum Gasteiger partial charge on any atom is -0.393 e. The van der Waals surface area contributed by atoms with Gasteiger partial charge < -0.3 is 10.2 Å². The molecule has 2 unspecified atom stereocenters. The number of allylic oxidation sites excluding steroid dienone is 1. The van der Waals surface area contributed by atoms with Crippen molar-refractivity contribution in [1.82, 2.24) is 0 Å². The number of hydrogen-bond donors (Lipinski definition) is 2. The van der Waals surface area contributed by atoms with Crippen LogP contribution in [-0.4, -0.2) is 22.4 Å². The number of fused-ring (bicyclic) bond motifs is 6. The van der Waals surface area contributed by atoms with Crippen molar-refractivity contribution in [3.05, 3.63) is 11.1 Å². The molecule has 0 bridgehead atoms. The predicted molar refractivity (Wildman–Crippen MR) is 104 cm³/mol. The molecule has 2 heteroatoms. The Labute approximate surface area is 159 Å². The number of aliphatic hydroxyl groups excluding tert-OH is 2. The second kappa shape index (κ2) is 5.17. The quantitative estimate of drug-likeness (QED) is 0.602. The van der Waals surface area contributed by atoms with Gasteiger partial charge >= 0.3 is 0 Å². The average Bonchev–Trinajstić information content (AvgIpc) is 2.73. The van der Waals surface area contributed by atoms with Crippen LogP contribution in [-0.2, 0) is 0 Å². The van der Waals surface area contributed by atoms with Crippen LogP contribution >= 0.6 is 0 Å². The second-order valence-corrected chi connectivity index (χ2v) is 11.8. The van der Waals surface area contributed by atoms with Crippen LogP contribution in [0.4, 0.5) is 0 Å². The maximum atomic E-state index is 11.3. The van der Waals surface area contributed by atoms with Crippen LogP contribution in [0.15, 0.2) is 11.1 Å². The zero-order valence-electron chi connectivity index (χ0n) is 17.4. The lowest BCUT2D eigenvalue weighted by molar-refractivity contribution is -0.0942. The molecule has 146 valence electrons. The van der Waals surface area contributed by atoms with Gasteiger partial charge in [0.1, 0.15) is 0 Å². The highest BCUT2D eigenvalue weighted by molar-refractivity contribution is 5.37. The second-order valence-electron chi connectivity index (χ2n) is 11.8. The Morgan fingerprint density at radius 2 is 1.69 bits per heavy atom. The fourth-order valence-electron chi connectivity index (χ4n) is 9.30. The zero-order valence-corrected chi connectivity index (χ0v) is 17.4. The van der Waals surface area contributed by atoms with E-state index in [0.29, 0.717) is 23.2 Å². The number of rotatable bonds is 0. The Morgan fingerprint density at radius 1 is 0.962 bits per heavy atom. The van der Waals surface area contributed by atoms with Crippen LogP contribution in [0.2, 0.25) is 0 Å². The van der Waals surface area contributed by atoms with Gasteiger partial charge in [-0.1, -0.05) is 45.8 Å². The Bertz CT molecular complexity index is 663. The molecule has 0 heterocycles. The summed E-state index contributed by atoms with van der Waals surface area (Å²) >= 11 is 0. The Balaban J connectivity index is 1.59. The molecule has 0 aromatic heterocycles. The van der Waals surface area contributed by atoms with Crippen LogP contribution in [0.3, 0.4) is 0 Å². The van der Waals surface area contributed by atoms with Gasteiger partial charge in [0.2, 0.25) is 0 Å². The van der Waals surface area contributed by atoms with Crippen LogP contribution in [0.5, 0.6) is 0 Å². The summed E-state index contributed by atoms with van der Waals surface area (Å²) in [4.78, 5) is 0. The fourth-order valence-corrected chi connectivity index (χ4v) is 9.30. The maximum absolute atomic E-state index is 11.3. The van der Waals surface area contributed by atoms with Crippen molar-refractivity contribution in [2.24, 2.45) is 45.8 Å². The molecule has 0 aromatic carbocycles. The lowest BCUT2D eigenvalue weighted by Crippen LogP contribution is -2.54. The molecule has 2 nitrogen and oxygen atoms in total. The molecule has 9 atom stereocenters. The molecule has 0 spiro atoms. The molecule has 0 aromatic rings. The summed E-state index contributed by atoms with van der Waals surface area (Å²) in [5.74, 6) is 3.09. The molecule has 3 saturated carbocycles. The third-order valence-corrected chi connectivity index (χ3v) is 10.5. The summed E-state index contributed by atoms with van der Waals surface area (Å²) < 4.78 is 0. The molecule has 5 rings (SSSR count). The van der Waals surface area contributed by atoms with E-state index in [2.05, 4.69) is 34.6 Å². The molecule has 0 aliphatic heterocycles. The van der Waals surface area contributed by atoms with E-state index in [9.17, 15) is 10.2 Å². The molecule has 5 aliphatic carbocycles. The largest absolute Gasteiger partial charge is 0.393 e. The van der Waals surface area contributed by atoms with Crippen molar-refractivity contribution >= 4 is 0 Å². The first-order valence-corrected chi connectivity index (χ1v) is 11.2. The van der Waals surface area contributed by atoms with Crippen molar-refractivity contribution < 1.29 is 10.2 Å². The lowest BCUT2D eigenvalue weighted by Gasteiger charge is -2.60. The first kappa shape index (κ1) is 17.7. The maximum Gasteiger partial charge on any atom is 0.0642 e. The zero-order chi connectivity index (χ0) is 18.6. The van der Waals surface area contributed by atoms with E-state index in [1.807, 2.05) is 0 Å². The van der Waals surface area contributed by atoms with Crippen LogP contribution in [0, 0.1) is 45.8 Å². The molecule has 3 fully saturated rings. The highest BCUT2D eigenvalue weighted by atomic mass is 16.3. The summed E-state index contributed by atoms with van der Waals surface area (Å²) in [7, 11) is 0. The van der Waals surface area contributed by atoms with Crippen LogP contribution < -0.4 is 0 Å². The average molecular weight is 359 g/mol. The van der Waals surface area contributed by atoms with Crippen molar-refractivity contribution in [2.45, 2.75) is 91.8 Å². The topological polar surface area (TPSA) is 40.5 Å². The van der Waals surface area contributed by atoms with Crippen molar-refractivity contribution in [3.63, 3.8) is 0 Å². The van der Waals surface area contributed by atoms with Gasteiger partial charge in [-0.25, -0.2) is 0 Å². The highest BCUT2D eigenvalue weighted by Crippen LogP contribution is 2.71. The van der Waals surface area contributed by atoms with E-state index in [4.69, 9.17) is 0 Å². The summed E-state index contributed by atoms with van der Waals surface area (Å²) in [6, 6.07) is 0. The molecular formula is C24H38O2. The molecular weight excluding hydrogens is 320 g/mol. The van der Waals surface area contributed by atoms with Gasteiger partial charge in [0.05, 0.1) is 12.2 Å². The van der Waals surface area contributed by atoms with Gasteiger partial charge in [-0.2, -0.15) is 0 Å². The van der Waals surface area contributed by atoms with Crippen molar-refractivity contribution in [3.8, 4) is 0 Å². The van der Waals surface area contributed by atoms with Crippen molar-refractivity contribution in [1.29, 1.82) is 0 Å². The first-order valence-electron chi connectivity index (χ1n) is 11.2. The third kappa shape index (κ3) is 1.87. The minimum atomic E-state index is -0.162. The molecule has 0 saturated heterocycles. The van der Waals surface area contributed by atoms with E-state index in [1.54, 1.807) is 11.1 Å². The fraction of sp³-hybridized carbons (Fsp3) is 0.917. The summed E-state index contributed by atoms with van der Waals surface area (Å²) in [6.07, 6.45) is 7.90. The summed E-state index contributed by atoms with van der Waals surface area (Å²) in [5.41, 5.74) is 3.95. The number of aliphatic hydroxyl groups is 2. The molecule has 5 aliphatic rings. The monoisotopic (exact) mass is 358 g/mol. The van der Waals surface area contributed by atoms with Gasteiger partial charge in [0.25, 0.3) is 0 Å². The SMILES string of the molecule is CC1C[C@@H]2C1[C@@]1(C)CCC3=C(CC[C@H]4C(C)(C)[C@@H](O)CC[C@]34C)[C@H]1[C@H]2O. The first-order chi connectivity index (χ1) is 12.1. The van der Waals surface area contributed by atoms with E-state index in [0.717, 1.165) is 31.1 Å². The van der Waals surface area contributed by atoms with Gasteiger partial charge in [-0.15, -0.1) is 0 Å². The van der Waals surface area contributed by atoms with Gasteiger partial charge in [0, 0.05) is 5.92 Å². The summed E-state index contributed by atoms with van der Waals surface area (Å²) in [5, 5.41) is 22.0. The molecule has 26 heavy (non-hydrogen) atoms. The van der Waals surface area contributed by atoms with Gasteiger partial charge in [-0.05, 0) is 84.9 Å². The Morgan fingerprint density at radius 3 is 2.38 bits per heavy atom. The Hall–Kier alpha value is -0.340. The van der Waals surface area contributed by atoms with E-state index in [1.165, 1.54) is 25.7 Å². The third-order valence-electron chi connectivity index (χ3n) is 10.5. The van der Waals surface area contributed by atoms with Gasteiger partial charge in [-0.3, -0.25) is 0 Å². The van der Waals surface area contributed by atoms with E-state index >= 15 is 0 Å². The standard InChI is InChI=1S/C24H38O2/c1-13-12-15-19(13)24(5)10-8-16-14(20(24)21(15)26)6-7-17-22(2,3)18(25)9-11-23(16,17)4/h13,15,17-21,25-26H,6-12H2,1-5H3/t13?,15-,17+,18+,19?,20+,21+,23-,24-/m1/s1. The molecule has 0 amide bonds. The normalized spacial score (nSPS) is 57.6. The molecule has 2 N–H and O–H groups in total. The smallest absolute Gasteiger partial charge is 0.0642 e. The number of hydrogen-bond acceptors (Lipinski definition) is 2. The van der Waals surface area contributed by atoms with Crippen LogP contribution in [0.1, 0.15) is 79.6 Å². The molecule has 0 radical (unpaired) electrons. The minimum absolute atomic E-state index is 0.00805. The van der Waals surface area contributed by atoms with E-state index in [-0.39, 0.29) is 23.0 Å². The highest BCUT2D eigenvalue weighted by Gasteiger charge is 2.67. The predicted octanol–water partition coefficient (Wildman–Crippen LogP) is 4.94. The van der Waals surface area contributed by atoms with Gasteiger partial charge in [0.15, 0.2) is 0 Å². The lowest BCUT2D eigenvalue weighted by atomic mass is 9.45. The summed E-state index contributed by atoms with van der Waals surface area (Å²) in [6.45, 7) is 12.0. The van der Waals surface area contributed by atoms with Crippen molar-refractivity contribution in [2.75, 3.05) is 0 Å². The van der Waals surface area contributed by atoms with E-state index < -0.39 is 0 Å². The van der Waals surface area contributed by atoms with Crippen LogP contribution in [0.25, 0.3) is 0 Å². The Kier molecular flexibility index (Phi) is 3.53.